The summed E-state index contributed by atoms with van der Waals surface area (Å²) >= 11 is 3.06. The van der Waals surface area contributed by atoms with Gasteiger partial charge in [-0.05, 0) is 28.1 Å². The van der Waals surface area contributed by atoms with Crippen molar-refractivity contribution in [2.75, 3.05) is 13.6 Å². The van der Waals surface area contributed by atoms with Gasteiger partial charge in [-0.1, -0.05) is 6.07 Å². The molecule has 2 aromatic rings. The molecular weight excluding hydrogens is 360 g/mol. The number of hydrogen-bond donors (Lipinski definition) is 1. The van der Waals surface area contributed by atoms with Gasteiger partial charge in [-0.15, -0.1) is 0 Å². The van der Waals surface area contributed by atoms with Crippen LogP contribution in [0.1, 0.15) is 11.5 Å². The third kappa shape index (κ3) is 3.70. The standard InChI is InChI=1S/C13H15BrN2O4S/c1-16(7-5-10-4-2-3-6-15-10)21(18,19)12-8-11(9-17)20-13(12)14/h2-4,6,8,17H,5,7,9H2,1H3. The first-order chi connectivity index (χ1) is 9.95. The number of aromatic nitrogens is 1. The number of sulfonamides is 1. The summed E-state index contributed by atoms with van der Waals surface area (Å²) in [5, 5.41) is 9.00. The fourth-order valence-corrected chi connectivity index (χ4v) is 3.89. The van der Waals surface area contributed by atoms with E-state index in [4.69, 9.17) is 9.52 Å². The van der Waals surface area contributed by atoms with Crippen molar-refractivity contribution >= 4 is 26.0 Å². The molecule has 1 N–H and O–H groups in total. The quantitative estimate of drug-likeness (QED) is 0.833. The van der Waals surface area contributed by atoms with E-state index in [1.54, 1.807) is 6.20 Å². The molecule has 8 heteroatoms. The van der Waals surface area contributed by atoms with Crippen LogP contribution in [0.3, 0.4) is 0 Å². The van der Waals surface area contributed by atoms with E-state index < -0.39 is 10.0 Å². The van der Waals surface area contributed by atoms with Gasteiger partial charge in [-0.25, -0.2) is 12.7 Å². The van der Waals surface area contributed by atoms with Crippen molar-refractivity contribution in [1.29, 1.82) is 0 Å². The molecule has 0 radical (unpaired) electrons. The van der Waals surface area contributed by atoms with Crippen molar-refractivity contribution in [3.8, 4) is 0 Å². The van der Waals surface area contributed by atoms with Crippen molar-refractivity contribution in [3.63, 3.8) is 0 Å². The molecule has 114 valence electrons. The number of halogens is 1. The maximum Gasteiger partial charge on any atom is 0.247 e. The summed E-state index contributed by atoms with van der Waals surface area (Å²) in [6, 6.07) is 6.83. The fourth-order valence-electron chi connectivity index (χ4n) is 1.76. The summed E-state index contributed by atoms with van der Waals surface area (Å²) in [7, 11) is -2.18. The van der Waals surface area contributed by atoms with Gasteiger partial charge in [0.25, 0.3) is 0 Å². The second-order valence-electron chi connectivity index (χ2n) is 4.41. The summed E-state index contributed by atoms with van der Waals surface area (Å²) in [4.78, 5) is 4.17. The molecule has 6 nitrogen and oxygen atoms in total. The van der Waals surface area contributed by atoms with Crippen LogP contribution in [0.5, 0.6) is 0 Å². The van der Waals surface area contributed by atoms with Gasteiger partial charge >= 0.3 is 0 Å². The highest BCUT2D eigenvalue weighted by molar-refractivity contribution is 9.10. The zero-order valence-electron chi connectivity index (χ0n) is 11.4. The third-order valence-electron chi connectivity index (χ3n) is 2.96. The van der Waals surface area contributed by atoms with Crippen molar-refractivity contribution in [2.24, 2.45) is 0 Å². The lowest BCUT2D eigenvalue weighted by atomic mass is 10.3. The molecule has 0 fully saturated rings. The van der Waals surface area contributed by atoms with E-state index in [9.17, 15) is 8.42 Å². The lowest BCUT2D eigenvalue weighted by Gasteiger charge is -2.15. The fraction of sp³-hybridized carbons (Fsp3) is 0.308. The molecule has 0 amide bonds. The van der Waals surface area contributed by atoms with E-state index >= 15 is 0 Å². The maximum atomic E-state index is 12.4. The zero-order chi connectivity index (χ0) is 15.5. The monoisotopic (exact) mass is 374 g/mol. The number of nitrogens with zero attached hydrogens (tertiary/aromatic N) is 2. The van der Waals surface area contributed by atoms with Crippen LogP contribution in [0.4, 0.5) is 0 Å². The van der Waals surface area contributed by atoms with E-state index in [1.165, 1.54) is 17.4 Å². The highest BCUT2D eigenvalue weighted by atomic mass is 79.9. The predicted octanol–water partition coefficient (Wildman–Crippen LogP) is 1.79. The minimum atomic E-state index is -3.68. The highest BCUT2D eigenvalue weighted by Crippen LogP contribution is 2.28. The minimum Gasteiger partial charge on any atom is -0.450 e. The molecule has 0 aliphatic heterocycles. The topological polar surface area (TPSA) is 83.6 Å². The van der Waals surface area contributed by atoms with Gasteiger partial charge in [-0.2, -0.15) is 0 Å². The van der Waals surface area contributed by atoms with E-state index in [1.807, 2.05) is 18.2 Å². The van der Waals surface area contributed by atoms with Crippen molar-refractivity contribution in [2.45, 2.75) is 17.9 Å². The molecule has 0 spiro atoms. The highest BCUT2D eigenvalue weighted by Gasteiger charge is 2.26. The molecule has 0 aromatic carbocycles. The molecule has 2 heterocycles. The summed E-state index contributed by atoms with van der Waals surface area (Å²) in [5.74, 6) is 0.193. The van der Waals surface area contributed by atoms with Crippen molar-refractivity contribution in [1.82, 2.24) is 9.29 Å². The summed E-state index contributed by atoms with van der Waals surface area (Å²) in [6.07, 6.45) is 2.18. The first kappa shape index (κ1) is 16.2. The summed E-state index contributed by atoms with van der Waals surface area (Å²) in [5.41, 5.74) is 0.821. The third-order valence-corrected chi connectivity index (χ3v) is 5.67. The first-order valence-corrected chi connectivity index (χ1v) is 8.43. The van der Waals surface area contributed by atoms with E-state index in [0.717, 1.165) is 5.69 Å². The summed E-state index contributed by atoms with van der Waals surface area (Å²) in [6.45, 7) is -0.0583. The maximum absolute atomic E-state index is 12.4. The van der Waals surface area contributed by atoms with Gasteiger partial charge in [-0.3, -0.25) is 4.98 Å². The minimum absolute atomic E-state index is 0.00932. The van der Waals surface area contributed by atoms with E-state index in [-0.39, 0.29) is 21.9 Å². The Bertz CT molecular complexity index is 700. The Kier molecular flexibility index (Phi) is 5.15. The molecule has 2 rings (SSSR count). The molecule has 0 atom stereocenters. The Balaban J connectivity index is 2.13. The predicted molar refractivity (Wildman–Crippen MR) is 80.1 cm³/mol. The van der Waals surface area contributed by atoms with Crippen LogP contribution in [0, 0.1) is 0 Å². The Morgan fingerprint density at radius 2 is 2.19 bits per heavy atom. The molecule has 0 saturated carbocycles. The lowest BCUT2D eigenvalue weighted by molar-refractivity contribution is 0.245. The van der Waals surface area contributed by atoms with Gasteiger partial charge in [0, 0.05) is 38.0 Å². The number of aliphatic hydroxyl groups excluding tert-OH is 1. The molecular formula is C13H15BrN2O4S. The van der Waals surface area contributed by atoms with Gasteiger partial charge in [0.2, 0.25) is 10.0 Å². The van der Waals surface area contributed by atoms with Gasteiger partial charge in [0.15, 0.2) is 4.67 Å². The molecule has 0 unspecified atom stereocenters. The molecule has 0 saturated heterocycles. The van der Waals surface area contributed by atoms with Crippen LogP contribution < -0.4 is 0 Å². The van der Waals surface area contributed by atoms with Crippen molar-refractivity contribution in [3.05, 3.63) is 46.6 Å². The number of aliphatic hydroxyl groups is 1. The molecule has 0 bridgehead atoms. The smallest absolute Gasteiger partial charge is 0.247 e. The van der Waals surface area contributed by atoms with Crippen LogP contribution in [0.2, 0.25) is 0 Å². The molecule has 0 aliphatic carbocycles. The zero-order valence-corrected chi connectivity index (χ0v) is 13.8. The van der Waals surface area contributed by atoms with Gasteiger partial charge < -0.3 is 9.52 Å². The second kappa shape index (κ2) is 6.69. The average molecular weight is 375 g/mol. The van der Waals surface area contributed by atoms with Crippen LogP contribution in [0.15, 0.2) is 44.4 Å². The Morgan fingerprint density at radius 3 is 2.76 bits per heavy atom. The number of pyridine rings is 1. The summed E-state index contributed by atoms with van der Waals surface area (Å²) < 4.78 is 31.3. The number of likely N-dealkylation sites (N-methyl/N-ethyl adjacent to an activating group) is 1. The Labute approximate surface area is 131 Å². The van der Waals surface area contributed by atoms with E-state index in [0.29, 0.717) is 13.0 Å². The number of furan rings is 1. The molecule has 2 aromatic heterocycles. The van der Waals surface area contributed by atoms with Crippen molar-refractivity contribution < 1.29 is 17.9 Å². The Hall–Kier alpha value is -1.22. The average Bonchev–Trinajstić information content (AvgIpc) is 2.87. The Morgan fingerprint density at radius 1 is 1.43 bits per heavy atom. The molecule has 21 heavy (non-hydrogen) atoms. The van der Waals surface area contributed by atoms with Crippen LogP contribution in [0.25, 0.3) is 0 Å². The van der Waals surface area contributed by atoms with Crippen LogP contribution in [-0.4, -0.2) is 36.4 Å². The largest absolute Gasteiger partial charge is 0.450 e. The molecule has 0 aliphatic rings. The van der Waals surface area contributed by atoms with Crippen LogP contribution in [-0.2, 0) is 23.1 Å². The normalized spacial score (nSPS) is 12.0. The van der Waals surface area contributed by atoms with Crippen LogP contribution >= 0.6 is 15.9 Å². The SMILES string of the molecule is CN(CCc1ccccn1)S(=O)(=O)c1cc(CO)oc1Br. The lowest BCUT2D eigenvalue weighted by Crippen LogP contribution is -2.29. The van der Waals surface area contributed by atoms with Gasteiger partial charge in [0.05, 0.1) is 0 Å². The number of rotatable bonds is 6. The first-order valence-electron chi connectivity index (χ1n) is 6.20. The number of hydrogen-bond acceptors (Lipinski definition) is 5. The van der Waals surface area contributed by atoms with E-state index in [2.05, 4.69) is 20.9 Å². The van der Waals surface area contributed by atoms with Gasteiger partial charge in [0.1, 0.15) is 17.3 Å². The second-order valence-corrected chi connectivity index (χ2v) is 7.14.